The van der Waals surface area contributed by atoms with Crippen molar-refractivity contribution in [2.24, 2.45) is 23.7 Å². The third kappa shape index (κ3) is 9.05. The highest BCUT2D eigenvalue weighted by molar-refractivity contribution is 5.99. The summed E-state index contributed by atoms with van der Waals surface area (Å²) in [4.78, 5) is 56.6. The van der Waals surface area contributed by atoms with Crippen LogP contribution in [-0.2, 0) is 32.1 Å². The van der Waals surface area contributed by atoms with Crippen LogP contribution in [0.15, 0.2) is 43.0 Å². The van der Waals surface area contributed by atoms with Crippen LogP contribution in [0.25, 0.3) is 0 Å². The molecular formula is C27H40N6O5. The van der Waals surface area contributed by atoms with E-state index in [0.29, 0.717) is 38.5 Å². The van der Waals surface area contributed by atoms with Gasteiger partial charge in [0.05, 0.1) is 11.8 Å². The molecule has 38 heavy (non-hydrogen) atoms. The lowest BCUT2D eigenvalue weighted by Crippen LogP contribution is -2.55. The minimum Gasteiger partial charge on any atom is -0.289 e. The fourth-order valence-corrected chi connectivity index (χ4v) is 4.51. The molecular weight excluding hydrogens is 488 g/mol. The van der Waals surface area contributed by atoms with E-state index in [0.717, 1.165) is 10.6 Å². The van der Waals surface area contributed by atoms with Crippen LogP contribution >= 0.6 is 0 Å². The summed E-state index contributed by atoms with van der Waals surface area (Å²) in [6, 6.07) is 9.77. The Morgan fingerprint density at radius 3 is 2.26 bits per heavy atom. The zero-order valence-corrected chi connectivity index (χ0v) is 22.7. The summed E-state index contributed by atoms with van der Waals surface area (Å²) in [5.74, 6) is -4.68. The summed E-state index contributed by atoms with van der Waals surface area (Å²) in [6.07, 6.45) is 5.54. The molecule has 0 aliphatic heterocycles. The molecule has 2 rings (SSSR count). The number of hydrazine groups is 1. The van der Waals surface area contributed by atoms with Crippen molar-refractivity contribution in [1.82, 2.24) is 30.7 Å². The number of carbonyl (C=O) groups excluding carboxylic acids is 4. The predicted molar refractivity (Wildman–Crippen MR) is 140 cm³/mol. The van der Waals surface area contributed by atoms with Crippen molar-refractivity contribution in [3.05, 3.63) is 48.5 Å². The maximum absolute atomic E-state index is 13.6. The summed E-state index contributed by atoms with van der Waals surface area (Å²) in [5.41, 5.74) is 5.32. The Kier molecular flexibility index (Phi) is 12.6. The molecule has 11 nitrogen and oxygen atoms in total. The number of hydrogen-bond acceptors (Lipinski definition) is 7. The van der Waals surface area contributed by atoms with Crippen molar-refractivity contribution in [2.45, 2.75) is 72.8 Å². The topological polar surface area (TPSA) is 147 Å². The number of benzene rings is 1. The van der Waals surface area contributed by atoms with Crippen LogP contribution in [0.1, 0.15) is 65.4 Å². The van der Waals surface area contributed by atoms with Gasteiger partial charge in [0.1, 0.15) is 19.2 Å². The van der Waals surface area contributed by atoms with E-state index in [1.807, 2.05) is 58.0 Å². The van der Waals surface area contributed by atoms with Crippen molar-refractivity contribution < 1.29 is 24.4 Å². The molecule has 0 spiro atoms. The number of aryl methyl sites for hydroxylation is 1. The van der Waals surface area contributed by atoms with Gasteiger partial charge >= 0.3 is 0 Å². The molecule has 1 aromatic heterocycles. The molecule has 3 N–H and O–H groups in total. The molecule has 0 bridgehead atoms. The number of hydroxylamine groups is 1. The van der Waals surface area contributed by atoms with E-state index in [2.05, 4.69) is 15.5 Å². The maximum Gasteiger partial charge on any atom is 0.269 e. The zero-order valence-electron chi connectivity index (χ0n) is 22.7. The molecule has 0 unspecified atom stereocenters. The van der Waals surface area contributed by atoms with Gasteiger partial charge in [0.25, 0.3) is 11.8 Å². The van der Waals surface area contributed by atoms with Crippen molar-refractivity contribution in [1.29, 1.82) is 0 Å². The zero-order chi connectivity index (χ0) is 28.1. The molecule has 4 amide bonds. The minimum atomic E-state index is -0.880. The van der Waals surface area contributed by atoms with Gasteiger partial charge in [0.15, 0.2) is 0 Å². The fourth-order valence-electron chi connectivity index (χ4n) is 4.51. The molecule has 0 aliphatic carbocycles. The predicted octanol–water partition coefficient (Wildman–Crippen LogP) is 2.91. The van der Waals surface area contributed by atoms with Gasteiger partial charge < -0.3 is 0 Å². The number of nitrogens with one attached hydrogen (secondary N) is 2. The van der Waals surface area contributed by atoms with E-state index in [1.54, 1.807) is 5.48 Å². The monoisotopic (exact) mass is 528 g/mol. The second-order valence-electron chi connectivity index (χ2n) is 9.85. The van der Waals surface area contributed by atoms with E-state index >= 15 is 0 Å². The molecule has 1 aromatic carbocycles. The first-order chi connectivity index (χ1) is 18.2. The van der Waals surface area contributed by atoms with Crippen LogP contribution in [0.3, 0.4) is 0 Å². The summed E-state index contributed by atoms with van der Waals surface area (Å²) < 4.78 is 1.26. The van der Waals surface area contributed by atoms with Crippen LogP contribution in [0.5, 0.6) is 0 Å². The van der Waals surface area contributed by atoms with Crippen molar-refractivity contribution in [3.63, 3.8) is 0 Å². The van der Waals surface area contributed by atoms with Crippen LogP contribution < -0.4 is 10.9 Å². The largest absolute Gasteiger partial charge is 0.289 e. The van der Waals surface area contributed by atoms with Gasteiger partial charge in [-0.15, -0.1) is 0 Å². The normalized spacial score (nSPS) is 12.7. The number of imide groups is 1. The Labute approximate surface area is 223 Å². The number of aromatic nitrogens is 3. The Morgan fingerprint density at radius 1 is 1.03 bits per heavy atom. The molecule has 0 fully saturated rings. The Morgan fingerprint density at radius 2 is 1.71 bits per heavy atom. The van der Waals surface area contributed by atoms with Gasteiger partial charge in [0.2, 0.25) is 11.8 Å². The van der Waals surface area contributed by atoms with Crippen LogP contribution in [0, 0.1) is 23.7 Å². The number of amides is 4. The standard InChI is InChI=1S/C27H40N6O5/c1-5-21(6-2)27(37)33(24(34)16-32-18-28-17-29-32)30-25(35)23(15-19(3)4)22(26(36)31-38)14-10-13-20-11-8-7-9-12-20/h7-9,11-12,17-19,21-23,38H,5-6,10,13-16H2,1-4H3,(H,30,35)(H,31,36)/t22-,23+/m0/s1. The average molecular weight is 529 g/mol. The molecule has 1 heterocycles. The van der Waals surface area contributed by atoms with Crippen LogP contribution in [-0.4, -0.2) is 48.6 Å². The molecule has 2 aromatic rings. The van der Waals surface area contributed by atoms with Gasteiger partial charge in [0, 0.05) is 5.92 Å². The van der Waals surface area contributed by atoms with Gasteiger partial charge in [-0.3, -0.25) is 29.8 Å². The lowest BCUT2D eigenvalue weighted by Gasteiger charge is -2.30. The van der Waals surface area contributed by atoms with Crippen LogP contribution in [0.4, 0.5) is 0 Å². The Bertz CT molecular complexity index is 1020. The van der Waals surface area contributed by atoms with Crippen molar-refractivity contribution in [3.8, 4) is 0 Å². The molecule has 0 radical (unpaired) electrons. The molecule has 208 valence electrons. The Balaban J connectivity index is 2.29. The highest BCUT2D eigenvalue weighted by Gasteiger charge is 2.37. The number of nitrogens with zero attached hydrogens (tertiary/aromatic N) is 4. The molecule has 0 saturated heterocycles. The SMILES string of the molecule is CCC(CC)C(=O)N(NC(=O)[C@H](CC(C)C)[C@H](CCCc1ccccc1)C(=O)NO)C(=O)Cn1cncn1. The van der Waals surface area contributed by atoms with Gasteiger partial charge in [-0.2, -0.15) is 10.1 Å². The first-order valence-corrected chi connectivity index (χ1v) is 13.2. The summed E-state index contributed by atoms with van der Waals surface area (Å²) >= 11 is 0. The Hall–Kier alpha value is -3.60. The van der Waals surface area contributed by atoms with Crippen molar-refractivity contribution >= 4 is 23.6 Å². The highest BCUT2D eigenvalue weighted by Crippen LogP contribution is 2.27. The summed E-state index contributed by atoms with van der Waals surface area (Å²) in [6.45, 7) is 7.22. The first kappa shape index (κ1) is 30.6. The fraction of sp³-hybridized carbons (Fsp3) is 0.556. The van der Waals surface area contributed by atoms with Crippen molar-refractivity contribution in [2.75, 3.05) is 0 Å². The van der Waals surface area contributed by atoms with E-state index in [1.165, 1.54) is 17.3 Å². The summed E-state index contributed by atoms with van der Waals surface area (Å²) in [5, 5.41) is 14.1. The quantitative estimate of drug-likeness (QED) is 0.252. The number of rotatable bonds is 14. The minimum absolute atomic E-state index is 0.0305. The second kappa shape index (κ2) is 15.6. The van der Waals surface area contributed by atoms with Gasteiger partial charge in [-0.25, -0.2) is 15.1 Å². The maximum atomic E-state index is 13.6. The number of carbonyl (C=O) groups is 4. The second-order valence-corrected chi connectivity index (χ2v) is 9.85. The van der Waals surface area contributed by atoms with Gasteiger partial charge in [-0.1, -0.05) is 58.0 Å². The molecule has 2 atom stereocenters. The van der Waals surface area contributed by atoms with E-state index in [4.69, 9.17) is 0 Å². The smallest absolute Gasteiger partial charge is 0.269 e. The molecule has 0 aliphatic rings. The molecule has 0 saturated carbocycles. The van der Waals surface area contributed by atoms with Gasteiger partial charge in [-0.05, 0) is 50.0 Å². The third-order valence-corrected chi connectivity index (χ3v) is 6.61. The molecule has 11 heteroatoms. The summed E-state index contributed by atoms with van der Waals surface area (Å²) in [7, 11) is 0. The lowest BCUT2D eigenvalue weighted by molar-refractivity contribution is -0.158. The first-order valence-electron chi connectivity index (χ1n) is 13.2. The van der Waals surface area contributed by atoms with E-state index < -0.39 is 41.4 Å². The lowest BCUT2D eigenvalue weighted by atomic mass is 9.81. The third-order valence-electron chi connectivity index (χ3n) is 6.61. The highest BCUT2D eigenvalue weighted by atomic mass is 16.5. The van der Waals surface area contributed by atoms with E-state index in [-0.39, 0.29) is 12.5 Å². The van der Waals surface area contributed by atoms with E-state index in [9.17, 15) is 24.4 Å². The average Bonchev–Trinajstić information content (AvgIpc) is 3.42. The number of hydrogen-bond donors (Lipinski definition) is 3. The van der Waals surface area contributed by atoms with Crippen LogP contribution in [0.2, 0.25) is 0 Å².